The molecule has 0 bridgehead atoms. The Kier molecular flexibility index (Phi) is 4.74. The summed E-state index contributed by atoms with van der Waals surface area (Å²) in [6.45, 7) is 0.601. The molecule has 0 aromatic heterocycles. The van der Waals surface area contributed by atoms with E-state index in [9.17, 15) is 19.7 Å². The Morgan fingerprint density at radius 2 is 2.19 bits per heavy atom. The number of carbonyl (C=O) groups is 2. The number of halogens is 1. The summed E-state index contributed by atoms with van der Waals surface area (Å²) >= 11 is 5.89. The van der Waals surface area contributed by atoms with Crippen molar-refractivity contribution in [3.05, 3.63) is 38.9 Å². The Morgan fingerprint density at radius 1 is 1.43 bits per heavy atom. The Bertz CT molecular complexity index is 591. The molecule has 2 N–H and O–H groups in total. The van der Waals surface area contributed by atoms with Crippen LogP contribution in [0.5, 0.6) is 0 Å². The van der Waals surface area contributed by atoms with Crippen molar-refractivity contribution < 1.29 is 14.5 Å². The Hall–Kier alpha value is -2.15. The number of amides is 2. The molecule has 0 unspecified atom stereocenters. The summed E-state index contributed by atoms with van der Waals surface area (Å²) in [7, 11) is 0. The molecule has 2 rings (SSSR count). The van der Waals surface area contributed by atoms with Gasteiger partial charge in [-0.25, -0.2) is 0 Å². The van der Waals surface area contributed by atoms with E-state index in [1.165, 1.54) is 12.1 Å². The molecule has 21 heavy (non-hydrogen) atoms. The number of nitrogens with zero attached hydrogens (tertiary/aromatic N) is 1. The summed E-state index contributed by atoms with van der Waals surface area (Å²) in [5.74, 6) is -0.740. The van der Waals surface area contributed by atoms with Gasteiger partial charge in [-0.2, -0.15) is 0 Å². The van der Waals surface area contributed by atoms with Gasteiger partial charge in [0.15, 0.2) is 0 Å². The van der Waals surface area contributed by atoms with Gasteiger partial charge in [-0.1, -0.05) is 11.6 Å². The zero-order valence-corrected chi connectivity index (χ0v) is 11.9. The number of nitro benzene ring substituents is 1. The molecule has 1 saturated heterocycles. The second-order valence-corrected chi connectivity index (χ2v) is 5.14. The highest BCUT2D eigenvalue weighted by atomic mass is 35.5. The zero-order chi connectivity index (χ0) is 15.4. The molecular formula is C13H14ClN3O4. The van der Waals surface area contributed by atoms with E-state index in [2.05, 4.69) is 10.6 Å². The van der Waals surface area contributed by atoms with Crippen LogP contribution in [0, 0.1) is 10.1 Å². The normalized spacial score (nSPS) is 18.5. The molecule has 1 atom stereocenters. The third-order valence-electron chi connectivity index (χ3n) is 3.25. The highest BCUT2D eigenvalue weighted by molar-refractivity contribution is 6.34. The van der Waals surface area contributed by atoms with Crippen molar-refractivity contribution in [3.63, 3.8) is 0 Å². The van der Waals surface area contributed by atoms with Gasteiger partial charge in [0.05, 0.1) is 15.5 Å². The van der Waals surface area contributed by atoms with Crippen molar-refractivity contribution in [3.8, 4) is 0 Å². The molecular weight excluding hydrogens is 298 g/mol. The van der Waals surface area contributed by atoms with E-state index >= 15 is 0 Å². The second kappa shape index (κ2) is 6.53. The molecule has 112 valence electrons. The monoisotopic (exact) mass is 311 g/mol. The minimum absolute atomic E-state index is 0.0178. The molecule has 0 radical (unpaired) electrons. The van der Waals surface area contributed by atoms with E-state index in [1.54, 1.807) is 0 Å². The van der Waals surface area contributed by atoms with Crippen LogP contribution in [0.15, 0.2) is 18.2 Å². The third-order valence-corrected chi connectivity index (χ3v) is 3.56. The van der Waals surface area contributed by atoms with Gasteiger partial charge in [0, 0.05) is 18.7 Å². The van der Waals surface area contributed by atoms with Crippen LogP contribution in [0.25, 0.3) is 0 Å². The second-order valence-electron chi connectivity index (χ2n) is 4.73. The lowest BCUT2D eigenvalue weighted by Crippen LogP contribution is -2.45. The van der Waals surface area contributed by atoms with E-state index in [4.69, 9.17) is 11.6 Å². The lowest BCUT2D eigenvalue weighted by molar-refractivity contribution is -0.384. The van der Waals surface area contributed by atoms with Gasteiger partial charge in [-0.05, 0) is 25.3 Å². The maximum atomic E-state index is 12.1. The van der Waals surface area contributed by atoms with Gasteiger partial charge in [-0.15, -0.1) is 0 Å². The van der Waals surface area contributed by atoms with Gasteiger partial charge in [0.1, 0.15) is 6.04 Å². The smallest absolute Gasteiger partial charge is 0.270 e. The Balaban J connectivity index is 2.12. The molecule has 7 nitrogen and oxygen atoms in total. The summed E-state index contributed by atoms with van der Waals surface area (Å²) < 4.78 is 0. The van der Waals surface area contributed by atoms with E-state index < -0.39 is 16.9 Å². The van der Waals surface area contributed by atoms with Crippen LogP contribution >= 0.6 is 11.6 Å². The molecule has 1 aliphatic rings. The van der Waals surface area contributed by atoms with E-state index in [0.29, 0.717) is 13.0 Å². The van der Waals surface area contributed by atoms with Crippen LogP contribution in [-0.4, -0.2) is 29.3 Å². The maximum absolute atomic E-state index is 12.1. The number of nitrogens with one attached hydrogen (secondary N) is 2. The summed E-state index contributed by atoms with van der Waals surface area (Å²) in [4.78, 5) is 33.9. The topological polar surface area (TPSA) is 101 Å². The highest BCUT2D eigenvalue weighted by Gasteiger charge is 2.24. The summed E-state index contributed by atoms with van der Waals surface area (Å²) in [5.41, 5.74) is -0.0805. The van der Waals surface area contributed by atoms with Crippen LogP contribution in [0.1, 0.15) is 29.6 Å². The summed E-state index contributed by atoms with van der Waals surface area (Å²) in [5, 5.41) is 15.9. The lowest BCUT2D eigenvalue weighted by atomic mass is 10.1. The van der Waals surface area contributed by atoms with Crippen LogP contribution < -0.4 is 10.6 Å². The molecule has 0 spiro atoms. The largest absolute Gasteiger partial charge is 0.354 e. The molecule has 1 heterocycles. The standard InChI is InChI=1S/C13H14ClN3O4/c14-10-7-8(17(20)21)4-5-9(10)12(18)16-11-3-1-2-6-15-13(11)19/h4-5,7,11H,1-3,6H2,(H,15,19)(H,16,18)/t11-/m0/s1. The van der Waals surface area contributed by atoms with Crippen molar-refractivity contribution in [2.24, 2.45) is 0 Å². The first-order chi connectivity index (χ1) is 9.99. The Morgan fingerprint density at radius 3 is 2.86 bits per heavy atom. The first-order valence-corrected chi connectivity index (χ1v) is 6.89. The van der Waals surface area contributed by atoms with Crippen molar-refractivity contribution >= 4 is 29.1 Å². The minimum atomic E-state index is -0.605. The van der Waals surface area contributed by atoms with Gasteiger partial charge in [0.25, 0.3) is 11.6 Å². The van der Waals surface area contributed by atoms with E-state index in [-0.39, 0.29) is 22.2 Å². The minimum Gasteiger partial charge on any atom is -0.354 e. The average molecular weight is 312 g/mol. The molecule has 1 fully saturated rings. The molecule has 8 heteroatoms. The molecule has 1 aromatic rings. The van der Waals surface area contributed by atoms with Gasteiger partial charge in [-0.3, -0.25) is 19.7 Å². The van der Waals surface area contributed by atoms with Crippen LogP contribution in [0.2, 0.25) is 5.02 Å². The predicted molar refractivity (Wildman–Crippen MR) is 76.2 cm³/mol. The van der Waals surface area contributed by atoms with Crippen molar-refractivity contribution in [2.75, 3.05) is 6.54 Å². The fourth-order valence-electron chi connectivity index (χ4n) is 2.11. The zero-order valence-electron chi connectivity index (χ0n) is 11.1. The van der Waals surface area contributed by atoms with Gasteiger partial charge >= 0.3 is 0 Å². The predicted octanol–water partition coefficient (Wildman–Crippen LogP) is 1.65. The number of rotatable bonds is 3. The summed E-state index contributed by atoms with van der Waals surface area (Å²) in [6, 6.07) is 2.99. The number of benzene rings is 1. The van der Waals surface area contributed by atoms with Gasteiger partial charge < -0.3 is 10.6 Å². The number of carbonyl (C=O) groups excluding carboxylic acids is 2. The SMILES string of the molecule is O=C(N[C@H]1CCCCNC1=O)c1ccc([N+](=O)[O-])cc1Cl. The maximum Gasteiger partial charge on any atom is 0.270 e. The quantitative estimate of drug-likeness (QED) is 0.654. The fourth-order valence-corrected chi connectivity index (χ4v) is 2.38. The van der Waals surface area contributed by atoms with E-state index in [1.807, 2.05) is 0 Å². The molecule has 0 aliphatic carbocycles. The fraction of sp³-hybridized carbons (Fsp3) is 0.385. The van der Waals surface area contributed by atoms with Crippen molar-refractivity contribution in [2.45, 2.75) is 25.3 Å². The van der Waals surface area contributed by atoms with E-state index in [0.717, 1.165) is 18.9 Å². The summed E-state index contributed by atoms with van der Waals surface area (Å²) in [6.07, 6.45) is 2.26. The number of hydrogen-bond acceptors (Lipinski definition) is 4. The molecule has 1 aliphatic heterocycles. The van der Waals surface area contributed by atoms with Crippen LogP contribution in [0.4, 0.5) is 5.69 Å². The third kappa shape index (κ3) is 3.69. The number of non-ortho nitro benzene ring substituents is 1. The first kappa shape index (κ1) is 15.2. The molecule has 1 aromatic carbocycles. The lowest BCUT2D eigenvalue weighted by Gasteiger charge is -2.15. The van der Waals surface area contributed by atoms with Crippen LogP contribution in [-0.2, 0) is 4.79 Å². The number of nitro groups is 1. The molecule has 0 saturated carbocycles. The Labute approximate surface area is 125 Å². The molecule has 2 amide bonds. The highest BCUT2D eigenvalue weighted by Crippen LogP contribution is 2.22. The van der Waals surface area contributed by atoms with Gasteiger partial charge in [0.2, 0.25) is 5.91 Å². The van der Waals surface area contributed by atoms with Crippen LogP contribution in [0.3, 0.4) is 0 Å². The van der Waals surface area contributed by atoms with Crippen molar-refractivity contribution in [1.82, 2.24) is 10.6 Å². The first-order valence-electron chi connectivity index (χ1n) is 6.51. The number of hydrogen-bond donors (Lipinski definition) is 2. The van der Waals surface area contributed by atoms with Crippen molar-refractivity contribution in [1.29, 1.82) is 0 Å². The average Bonchev–Trinajstić information content (AvgIpc) is 2.63.